The molecule has 0 fully saturated rings. The van der Waals surface area contributed by atoms with E-state index in [-0.39, 0.29) is 23.6 Å². The Balaban J connectivity index is 2.10. The van der Waals surface area contributed by atoms with Gasteiger partial charge in [-0.3, -0.25) is 4.79 Å². The topological polar surface area (TPSA) is 66.2 Å². The maximum Gasteiger partial charge on any atom is 0.316 e. The van der Waals surface area contributed by atoms with Crippen LogP contribution in [0.2, 0.25) is 0 Å². The molecule has 6 nitrogen and oxygen atoms in total. The highest BCUT2D eigenvalue weighted by Gasteiger charge is 2.19. The lowest BCUT2D eigenvalue weighted by Gasteiger charge is -2.15. The summed E-state index contributed by atoms with van der Waals surface area (Å²) < 4.78 is 25.2. The Morgan fingerprint density at radius 2 is 2.04 bits per heavy atom. The minimum absolute atomic E-state index is 0.168. The van der Waals surface area contributed by atoms with Gasteiger partial charge in [0.2, 0.25) is 0 Å². The van der Waals surface area contributed by atoms with E-state index >= 15 is 0 Å². The minimum Gasteiger partial charge on any atom is -0.483 e. The maximum absolute atomic E-state index is 12.9. The molecule has 1 heterocycles. The van der Waals surface area contributed by atoms with Crippen LogP contribution in [0.4, 0.5) is 4.39 Å². The molecule has 0 aliphatic heterocycles. The van der Waals surface area contributed by atoms with Crippen LogP contribution in [-0.4, -0.2) is 33.6 Å². The molecule has 0 bridgehead atoms. The number of ether oxygens (including phenoxy) is 2. The van der Waals surface area contributed by atoms with Crippen molar-refractivity contribution >= 4 is 17.7 Å². The Hall–Kier alpha value is -2.09. The van der Waals surface area contributed by atoms with Crippen LogP contribution in [0.25, 0.3) is 0 Å². The van der Waals surface area contributed by atoms with Gasteiger partial charge in [0.25, 0.3) is 0 Å². The number of esters is 1. The average Bonchev–Trinajstić information content (AvgIpc) is 2.97. The normalized spacial score (nSPS) is 12.0. The number of hydrogen-bond donors (Lipinski definition) is 0. The second-order valence-electron chi connectivity index (χ2n) is 4.66. The molecule has 2 aromatic rings. The predicted molar refractivity (Wildman–Crippen MR) is 83.9 cm³/mol. The molecule has 0 N–H and O–H groups in total. The third kappa shape index (κ3) is 4.44. The number of carbonyl (C=O) groups excluding carboxylic acids is 1. The quantitative estimate of drug-likeness (QED) is 0.571. The van der Waals surface area contributed by atoms with Gasteiger partial charge in [0.15, 0.2) is 17.1 Å². The highest BCUT2D eigenvalue weighted by atomic mass is 32.2. The lowest BCUT2D eigenvalue weighted by molar-refractivity contribution is -0.137. The van der Waals surface area contributed by atoms with Gasteiger partial charge in [-0.25, -0.2) is 4.39 Å². The van der Waals surface area contributed by atoms with Crippen LogP contribution >= 0.6 is 11.8 Å². The Morgan fingerprint density at radius 1 is 1.35 bits per heavy atom. The molecule has 0 amide bonds. The van der Waals surface area contributed by atoms with Crippen molar-refractivity contribution in [3.05, 3.63) is 35.9 Å². The number of halogens is 1. The molecule has 0 aliphatic carbocycles. The van der Waals surface area contributed by atoms with Crippen LogP contribution in [0.5, 0.6) is 5.75 Å². The smallest absolute Gasteiger partial charge is 0.316 e. The van der Waals surface area contributed by atoms with Gasteiger partial charge in [0.1, 0.15) is 11.6 Å². The maximum atomic E-state index is 12.9. The molecule has 1 aromatic heterocycles. The molecule has 0 saturated heterocycles. The fourth-order valence-electron chi connectivity index (χ4n) is 1.96. The first-order chi connectivity index (χ1) is 11.0. The molecule has 0 spiro atoms. The molecule has 0 unspecified atom stereocenters. The van der Waals surface area contributed by atoms with Crippen LogP contribution in [-0.2, 0) is 16.1 Å². The third-order valence-electron chi connectivity index (χ3n) is 3.10. The van der Waals surface area contributed by atoms with Crippen LogP contribution in [0, 0.1) is 5.82 Å². The number of methoxy groups -OCH3 is 1. The van der Waals surface area contributed by atoms with Crippen molar-refractivity contribution in [1.29, 1.82) is 0 Å². The van der Waals surface area contributed by atoms with Crippen LogP contribution < -0.4 is 4.74 Å². The summed E-state index contributed by atoms with van der Waals surface area (Å²) in [6.07, 6.45) is -0.361. The van der Waals surface area contributed by atoms with Crippen molar-refractivity contribution < 1.29 is 18.7 Å². The van der Waals surface area contributed by atoms with Crippen molar-refractivity contribution in [3.63, 3.8) is 0 Å². The first kappa shape index (κ1) is 17.3. The molecular weight excluding hydrogens is 321 g/mol. The van der Waals surface area contributed by atoms with E-state index in [1.165, 1.54) is 31.0 Å². The zero-order valence-corrected chi connectivity index (χ0v) is 14.0. The molecule has 124 valence electrons. The lowest BCUT2D eigenvalue weighted by atomic mass is 10.3. The first-order valence-corrected chi connectivity index (χ1v) is 8.08. The summed E-state index contributed by atoms with van der Waals surface area (Å²) in [6.45, 7) is 4.44. The Morgan fingerprint density at radius 3 is 2.65 bits per heavy atom. The summed E-state index contributed by atoms with van der Waals surface area (Å²) in [7, 11) is 1.34. The lowest BCUT2D eigenvalue weighted by Crippen LogP contribution is -2.12. The van der Waals surface area contributed by atoms with E-state index in [1.54, 1.807) is 12.1 Å². The first-order valence-electron chi connectivity index (χ1n) is 7.10. The standard InChI is InChI=1S/C15H18FN3O3S/c1-4-19-14(17-18-15(19)23-9-13(20)21-3)10(2)22-12-7-5-11(16)6-8-12/h5-8,10H,4,9H2,1-3H3/t10-/m0/s1. The number of thioether (sulfide) groups is 1. The monoisotopic (exact) mass is 339 g/mol. The minimum atomic E-state index is -0.361. The van der Waals surface area contributed by atoms with Gasteiger partial charge in [0, 0.05) is 6.54 Å². The summed E-state index contributed by atoms with van der Waals surface area (Å²) in [5, 5.41) is 8.87. The molecule has 0 saturated carbocycles. The van der Waals surface area contributed by atoms with Gasteiger partial charge in [-0.2, -0.15) is 0 Å². The second-order valence-corrected chi connectivity index (χ2v) is 5.61. The van der Waals surface area contributed by atoms with Crippen LogP contribution in [0.1, 0.15) is 25.8 Å². The van der Waals surface area contributed by atoms with Crippen molar-refractivity contribution in [1.82, 2.24) is 14.8 Å². The summed E-state index contributed by atoms with van der Waals surface area (Å²) >= 11 is 1.26. The van der Waals surface area contributed by atoms with E-state index in [9.17, 15) is 9.18 Å². The van der Waals surface area contributed by atoms with Gasteiger partial charge in [-0.1, -0.05) is 11.8 Å². The zero-order valence-electron chi connectivity index (χ0n) is 13.2. The van der Waals surface area contributed by atoms with Gasteiger partial charge in [-0.15, -0.1) is 10.2 Å². The largest absolute Gasteiger partial charge is 0.483 e. The van der Waals surface area contributed by atoms with E-state index in [4.69, 9.17) is 4.74 Å². The van der Waals surface area contributed by atoms with Crippen LogP contribution in [0.3, 0.4) is 0 Å². The summed E-state index contributed by atoms with van der Waals surface area (Å²) in [5.74, 6) is 0.723. The number of benzene rings is 1. The van der Waals surface area contributed by atoms with E-state index in [1.807, 2.05) is 18.4 Å². The predicted octanol–water partition coefficient (Wildman–Crippen LogP) is 2.84. The van der Waals surface area contributed by atoms with E-state index < -0.39 is 0 Å². The summed E-state index contributed by atoms with van der Waals surface area (Å²) in [6, 6.07) is 5.80. The number of rotatable bonds is 7. The van der Waals surface area contributed by atoms with Gasteiger partial charge in [-0.05, 0) is 38.1 Å². The zero-order chi connectivity index (χ0) is 16.8. The number of hydrogen-bond acceptors (Lipinski definition) is 6. The molecule has 2 rings (SSSR count). The van der Waals surface area contributed by atoms with Gasteiger partial charge in [0.05, 0.1) is 12.9 Å². The van der Waals surface area contributed by atoms with Gasteiger partial charge < -0.3 is 14.0 Å². The molecule has 8 heteroatoms. The van der Waals surface area contributed by atoms with Crippen molar-refractivity contribution in [2.24, 2.45) is 0 Å². The van der Waals surface area contributed by atoms with Crippen molar-refractivity contribution in [2.45, 2.75) is 31.7 Å². The molecule has 1 atom stereocenters. The third-order valence-corrected chi connectivity index (χ3v) is 4.04. The fraction of sp³-hybridized carbons (Fsp3) is 0.400. The highest BCUT2D eigenvalue weighted by Crippen LogP contribution is 2.24. The average molecular weight is 339 g/mol. The summed E-state index contributed by atoms with van der Waals surface area (Å²) in [5.41, 5.74) is 0. The van der Waals surface area contributed by atoms with Crippen molar-refractivity contribution in [3.8, 4) is 5.75 Å². The Labute approximate surface area is 138 Å². The van der Waals surface area contributed by atoms with Gasteiger partial charge >= 0.3 is 5.97 Å². The SMILES string of the molecule is CCn1c(SCC(=O)OC)nnc1[C@H](C)Oc1ccc(F)cc1. The molecule has 1 aromatic carbocycles. The molecule has 0 radical (unpaired) electrons. The number of carbonyl (C=O) groups is 1. The summed E-state index contributed by atoms with van der Waals surface area (Å²) in [4.78, 5) is 11.2. The van der Waals surface area contributed by atoms with E-state index in [0.717, 1.165) is 0 Å². The molecule has 23 heavy (non-hydrogen) atoms. The van der Waals surface area contributed by atoms with E-state index in [2.05, 4.69) is 14.9 Å². The molecule has 0 aliphatic rings. The number of nitrogens with zero attached hydrogens (tertiary/aromatic N) is 3. The van der Waals surface area contributed by atoms with E-state index in [0.29, 0.717) is 23.3 Å². The second kappa shape index (κ2) is 7.96. The Bertz CT molecular complexity index is 660. The fourth-order valence-corrected chi connectivity index (χ4v) is 2.80. The molecular formula is C15H18FN3O3S. The number of aromatic nitrogens is 3. The highest BCUT2D eigenvalue weighted by molar-refractivity contribution is 7.99. The van der Waals surface area contributed by atoms with Crippen molar-refractivity contribution in [2.75, 3.05) is 12.9 Å². The van der Waals surface area contributed by atoms with Crippen LogP contribution in [0.15, 0.2) is 29.4 Å². The Kier molecular flexibility index (Phi) is 5.97.